The number of nitrogens with zero attached hydrogens (tertiary/aromatic N) is 2. The number of halogens is 2. The van der Waals surface area contributed by atoms with E-state index in [0.29, 0.717) is 27.3 Å². The molecular formula is C22H16Cl2N2OS. The summed E-state index contributed by atoms with van der Waals surface area (Å²) in [4.78, 5) is 19.8. The molecule has 6 heteroatoms. The zero-order valence-electron chi connectivity index (χ0n) is 15.0. The van der Waals surface area contributed by atoms with Crippen LogP contribution < -0.4 is 4.90 Å². The number of carbonyl (C=O) groups is 1. The second-order valence-electron chi connectivity index (χ2n) is 6.40. The molecule has 3 nitrogen and oxygen atoms in total. The normalized spacial score (nSPS) is 11.0. The van der Waals surface area contributed by atoms with E-state index in [1.165, 1.54) is 11.3 Å². The number of thiazole rings is 1. The lowest BCUT2D eigenvalue weighted by Crippen LogP contribution is -2.30. The summed E-state index contributed by atoms with van der Waals surface area (Å²) in [5.74, 6) is -0.144. The zero-order valence-corrected chi connectivity index (χ0v) is 17.4. The predicted octanol–water partition coefficient (Wildman–Crippen LogP) is 6.76. The highest BCUT2D eigenvalue weighted by Gasteiger charge is 2.22. The fourth-order valence-corrected chi connectivity index (χ4v) is 4.34. The topological polar surface area (TPSA) is 33.2 Å². The molecule has 0 radical (unpaired) electrons. The highest BCUT2D eigenvalue weighted by Crippen LogP contribution is 2.34. The molecule has 4 rings (SSSR count). The third-order valence-corrected chi connectivity index (χ3v) is 6.16. The van der Waals surface area contributed by atoms with Crippen LogP contribution in [0.3, 0.4) is 0 Å². The first-order chi connectivity index (χ1) is 13.5. The molecule has 0 fully saturated rings. The zero-order chi connectivity index (χ0) is 19.7. The molecule has 0 spiro atoms. The molecule has 0 aliphatic heterocycles. The van der Waals surface area contributed by atoms with Gasteiger partial charge in [-0.15, -0.1) is 0 Å². The second kappa shape index (κ2) is 7.92. The van der Waals surface area contributed by atoms with Crippen LogP contribution in [0.4, 0.5) is 5.13 Å². The van der Waals surface area contributed by atoms with Crippen LogP contribution in [0.15, 0.2) is 66.7 Å². The van der Waals surface area contributed by atoms with E-state index in [-0.39, 0.29) is 5.91 Å². The molecular weight excluding hydrogens is 411 g/mol. The number of hydrogen-bond acceptors (Lipinski definition) is 3. The standard InChI is InChI=1S/C22H16Cl2N2OS/c1-14-18(24)10-11-19-20(14)25-22(28-19)26(13-15-6-3-2-4-7-15)21(27)16-8-5-9-17(23)12-16/h2-12H,13H2,1H3. The van der Waals surface area contributed by atoms with Crippen LogP contribution in [0.5, 0.6) is 0 Å². The number of amides is 1. The van der Waals surface area contributed by atoms with Gasteiger partial charge in [0.1, 0.15) is 0 Å². The van der Waals surface area contributed by atoms with Crippen LogP contribution in [0.1, 0.15) is 21.5 Å². The summed E-state index contributed by atoms with van der Waals surface area (Å²) in [6.45, 7) is 2.35. The van der Waals surface area contributed by atoms with Crippen molar-refractivity contribution in [2.24, 2.45) is 0 Å². The van der Waals surface area contributed by atoms with Crippen LogP contribution in [0.25, 0.3) is 10.2 Å². The van der Waals surface area contributed by atoms with Crippen LogP contribution in [0, 0.1) is 6.92 Å². The number of anilines is 1. The van der Waals surface area contributed by atoms with Crippen molar-refractivity contribution < 1.29 is 4.79 Å². The van der Waals surface area contributed by atoms with E-state index < -0.39 is 0 Å². The van der Waals surface area contributed by atoms with E-state index in [4.69, 9.17) is 28.2 Å². The Labute approximate surface area is 177 Å². The summed E-state index contributed by atoms with van der Waals surface area (Å²) >= 11 is 13.8. The lowest BCUT2D eigenvalue weighted by Gasteiger charge is -2.20. The quantitative estimate of drug-likeness (QED) is 0.361. The van der Waals surface area contributed by atoms with E-state index in [0.717, 1.165) is 21.3 Å². The Bertz CT molecular complexity index is 1160. The second-order valence-corrected chi connectivity index (χ2v) is 8.26. The first kappa shape index (κ1) is 18.9. The van der Waals surface area contributed by atoms with Gasteiger partial charge in [-0.25, -0.2) is 4.98 Å². The molecule has 0 aliphatic rings. The number of carbonyl (C=O) groups excluding carboxylic acids is 1. The van der Waals surface area contributed by atoms with Gasteiger partial charge in [0.15, 0.2) is 5.13 Å². The fourth-order valence-electron chi connectivity index (χ4n) is 2.97. The van der Waals surface area contributed by atoms with Gasteiger partial charge < -0.3 is 0 Å². The Morgan fingerprint density at radius 2 is 1.82 bits per heavy atom. The molecule has 0 N–H and O–H groups in total. The number of aryl methyl sites for hydroxylation is 1. The van der Waals surface area contributed by atoms with Crippen LogP contribution in [-0.2, 0) is 6.54 Å². The van der Waals surface area contributed by atoms with Gasteiger partial charge in [-0.2, -0.15) is 0 Å². The molecule has 0 aliphatic carbocycles. The Kier molecular flexibility index (Phi) is 5.36. The Morgan fingerprint density at radius 3 is 2.57 bits per heavy atom. The number of fused-ring (bicyclic) bond motifs is 1. The highest BCUT2D eigenvalue weighted by atomic mass is 35.5. The van der Waals surface area contributed by atoms with Crippen molar-refractivity contribution in [3.8, 4) is 0 Å². The maximum Gasteiger partial charge on any atom is 0.260 e. The fraction of sp³-hybridized carbons (Fsp3) is 0.0909. The van der Waals surface area contributed by atoms with Crippen molar-refractivity contribution >= 4 is 55.8 Å². The third-order valence-electron chi connectivity index (χ3n) is 4.47. The van der Waals surface area contributed by atoms with Gasteiger partial charge in [0, 0.05) is 15.6 Å². The predicted molar refractivity (Wildman–Crippen MR) is 118 cm³/mol. The van der Waals surface area contributed by atoms with Crippen LogP contribution in [-0.4, -0.2) is 10.9 Å². The lowest BCUT2D eigenvalue weighted by atomic mass is 10.1. The first-order valence-corrected chi connectivity index (χ1v) is 10.3. The van der Waals surface area contributed by atoms with Gasteiger partial charge in [-0.05, 0) is 48.4 Å². The molecule has 0 bridgehead atoms. The van der Waals surface area contributed by atoms with Crippen LogP contribution >= 0.6 is 34.5 Å². The van der Waals surface area contributed by atoms with Gasteiger partial charge in [-0.3, -0.25) is 9.69 Å². The van der Waals surface area contributed by atoms with Gasteiger partial charge in [-0.1, -0.05) is 70.9 Å². The Balaban J connectivity index is 1.80. The maximum atomic E-state index is 13.3. The van der Waals surface area contributed by atoms with Gasteiger partial charge in [0.25, 0.3) is 5.91 Å². The van der Waals surface area contributed by atoms with Gasteiger partial charge >= 0.3 is 0 Å². The molecule has 0 saturated carbocycles. The molecule has 3 aromatic carbocycles. The SMILES string of the molecule is Cc1c(Cl)ccc2sc(N(Cc3ccccc3)C(=O)c3cccc(Cl)c3)nc12. The van der Waals surface area contributed by atoms with Crippen molar-refractivity contribution in [1.29, 1.82) is 0 Å². The van der Waals surface area contributed by atoms with E-state index in [2.05, 4.69) is 0 Å². The summed E-state index contributed by atoms with van der Waals surface area (Å²) in [7, 11) is 0. The largest absolute Gasteiger partial charge is 0.279 e. The molecule has 1 aromatic heterocycles. The lowest BCUT2D eigenvalue weighted by molar-refractivity contribution is 0.0985. The van der Waals surface area contributed by atoms with Gasteiger partial charge in [0.05, 0.1) is 16.8 Å². The average molecular weight is 427 g/mol. The summed E-state index contributed by atoms with van der Waals surface area (Å²) in [6, 6.07) is 20.6. The van der Waals surface area contributed by atoms with Gasteiger partial charge in [0.2, 0.25) is 0 Å². The minimum absolute atomic E-state index is 0.144. The molecule has 0 atom stereocenters. The summed E-state index contributed by atoms with van der Waals surface area (Å²) in [5, 5.41) is 1.83. The van der Waals surface area contributed by atoms with Crippen molar-refractivity contribution in [2.75, 3.05) is 4.90 Å². The van der Waals surface area contributed by atoms with Crippen molar-refractivity contribution in [3.63, 3.8) is 0 Å². The average Bonchev–Trinajstić information content (AvgIpc) is 3.14. The highest BCUT2D eigenvalue weighted by molar-refractivity contribution is 7.22. The van der Waals surface area contributed by atoms with Crippen molar-refractivity contribution in [2.45, 2.75) is 13.5 Å². The number of hydrogen-bond donors (Lipinski definition) is 0. The molecule has 140 valence electrons. The first-order valence-electron chi connectivity index (χ1n) is 8.70. The Hall–Kier alpha value is -2.40. The number of benzene rings is 3. The minimum Gasteiger partial charge on any atom is -0.279 e. The van der Waals surface area contributed by atoms with E-state index >= 15 is 0 Å². The van der Waals surface area contributed by atoms with E-state index in [1.807, 2.05) is 49.4 Å². The van der Waals surface area contributed by atoms with E-state index in [1.54, 1.807) is 29.2 Å². The summed E-state index contributed by atoms with van der Waals surface area (Å²) in [6.07, 6.45) is 0. The van der Waals surface area contributed by atoms with Crippen LogP contribution in [0.2, 0.25) is 10.0 Å². The van der Waals surface area contributed by atoms with Crippen molar-refractivity contribution in [3.05, 3.63) is 93.5 Å². The minimum atomic E-state index is -0.144. The smallest absolute Gasteiger partial charge is 0.260 e. The molecule has 0 unspecified atom stereocenters. The Morgan fingerprint density at radius 1 is 1.04 bits per heavy atom. The number of rotatable bonds is 4. The molecule has 1 amide bonds. The molecule has 0 saturated heterocycles. The van der Waals surface area contributed by atoms with Crippen molar-refractivity contribution in [1.82, 2.24) is 4.98 Å². The maximum absolute atomic E-state index is 13.3. The molecule has 1 heterocycles. The summed E-state index contributed by atoms with van der Waals surface area (Å²) in [5.41, 5.74) is 3.28. The molecule has 4 aromatic rings. The third kappa shape index (κ3) is 3.76. The number of aromatic nitrogens is 1. The van der Waals surface area contributed by atoms with E-state index in [9.17, 15) is 4.79 Å². The monoisotopic (exact) mass is 426 g/mol. The molecule has 28 heavy (non-hydrogen) atoms. The summed E-state index contributed by atoms with van der Waals surface area (Å²) < 4.78 is 0.994.